The van der Waals surface area contributed by atoms with Gasteiger partial charge in [-0.25, -0.2) is 9.78 Å². The second kappa shape index (κ2) is 9.75. The maximum absolute atomic E-state index is 12.2. The van der Waals surface area contributed by atoms with Gasteiger partial charge in [-0.05, 0) is 47.0 Å². The molecule has 0 radical (unpaired) electrons. The number of esters is 1. The number of hydrogen-bond acceptors (Lipinski definition) is 6. The maximum Gasteiger partial charge on any atom is 0.338 e. The molecule has 1 N–H and O–H groups in total. The number of benzene rings is 2. The molecule has 2 heterocycles. The standard InChI is InChI=1S/C26H23N3O3/c1-31-23-11-5-18(6-12-23)16-28-25-15-22(26(30)32-2)14-24(29-25)20-9-7-19(8-10-20)21-4-3-13-27-17-21/h3-15,17H,16H2,1-2H3,(H,28,29). The molecule has 2 aromatic carbocycles. The number of anilines is 1. The van der Waals surface area contributed by atoms with E-state index < -0.39 is 5.97 Å². The molecule has 0 saturated heterocycles. The van der Waals surface area contributed by atoms with Crippen molar-refractivity contribution in [3.05, 3.63) is 96.3 Å². The van der Waals surface area contributed by atoms with Crippen LogP contribution in [0.1, 0.15) is 15.9 Å². The third-order valence-corrected chi connectivity index (χ3v) is 5.05. The minimum absolute atomic E-state index is 0.409. The average Bonchev–Trinajstić information content (AvgIpc) is 2.87. The Kier molecular flexibility index (Phi) is 6.41. The quantitative estimate of drug-likeness (QED) is 0.409. The number of hydrogen-bond donors (Lipinski definition) is 1. The second-order valence-corrected chi connectivity index (χ2v) is 7.14. The molecule has 0 unspecified atom stereocenters. The first-order valence-electron chi connectivity index (χ1n) is 10.1. The molecule has 0 saturated carbocycles. The van der Waals surface area contributed by atoms with Gasteiger partial charge in [0.15, 0.2) is 0 Å². The molecular formula is C26H23N3O3. The number of ether oxygens (including phenoxy) is 2. The molecule has 160 valence electrons. The van der Waals surface area contributed by atoms with E-state index in [1.807, 2.05) is 66.9 Å². The average molecular weight is 425 g/mol. The molecule has 0 fully saturated rings. The lowest BCUT2D eigenvalue weighted by Crippen LogP contribution is -2.07. The Bertz CT molecular complexity index is 1190. The van der Waals surface area contributed by atoms with Gasteiger partial charge < -0.3 is 14.8 Å². The molecule has 6 nitrogen and oxygen atoms in total. The molecule has 0 atom stereocenters. The summed E-state index contributed by atoms with van der Waals surface area (Å²) >= 11 is 0. The fraction of sp³-hybridized carbons (Fsp3) is 0.115. The van der Waals surface area contributed by atoms with Crippen molar-refractivity contribution >= 4 is 11.8 Å². The zero-order valence-corrected chi connectivity index (χ0v) is 17.9. The smallest absolute Gasteiger partial charge is 0.338 e. The number of carbonyl (C=O) groups is 1. The van der Waals surface area contributed by atoms with Crippen LogP contribution in [0.25, 0.3) is 22.4 Å². The lowest BCUT2D eigenvalue weighted by atomic mass is 10.0. The van der Waals surface area contributed by atoms with Gasteiger partial charge >= 0.3 is 5.97 Å². The number of pyridine rings is 2. The summed E-state index contributed by atoms with van der Waals surface area (Å²) in [7, 11) is 3.01. The van der Waals surface area contributed by atoms with Crippen molar-refractivity contribution in [2.45, 2.75) is 6.54 Å². The molecule has 0 aliphatic rings. The van der Waals surface area contributed by atoms with Gasteiger partial charge in [0.2, 0.25) is 0 Å². The van der Waals surface area contributed by atoms with E-state index in [0.29, 0.717) is 23.6 Å². The van der Waals surface area contributed by atoms with Gasteiger partial charge in [0.1, 0.15) is 11.6 Å². The number of carbonyl (C=O) groups excluding carboxylic acids is 1. The largest absolute Gasteiger partial charge is 0.497 e. The fourth-order valence-corrected chi connectivity index (χ4v) is 3.31. The van der Waals surface area contributed by atoms with E-state index in [1.165, 1.54) is 7.11 Å². The Labute approximate surface area is 186 Å². The fourth-order valence-electron chi connectivity index (χ4n) is 3.31. The van der Waals surface area contributed by atoms with Gasteiger partial charge in [-0.3, -0.25) is 4.98 Å². The summed E-state index contributed by atoms with van der Waals surface area (Å²) in [5, 5.41) is 3.30. The predicted molar refractivity (Wildman–Crippen MR) is 125 cm³/mol. The minimum Gasteiger partial charge on any atom is -0.497 e. The second-order valence-electron chi connectivity index (χ2n) is 7.14. The minimum atomic E-state index is -0.409. The Morgan fingerprint density at radius 3 is 2.31 bits per heavy atom. The van der Waals surface area contributed by atoms with E-state index in [1.54, 1.807) is 25.4 Å². The van der Waals surface area contributed by atoms with Crippen LogP contribution in [0.15, 0.2) is 85.2 Å². The normalized spacial score (nSPS) is 10.4. The van der Waals surface area contributed by atoms with Gasteiger partial charge in [0.05, 0.1) is 25.5 Å². The van der Waals surface area contributed by atoms with Crippen LogP contribution in [0, 0.1) is 0 Å². The summed E-state index contributed by atoms with van der Waals surface area (Å²) in [5.74, 6) is 0.986. The zero-order valence-electron chi connectivity index (χ0n) is 17.9. The maximum atomic E-state index is 12.2. The number of nitrogens with one attached hydrogen (secondary N) is 1. The van der Waals surface area contributed by atoms with Crippen LogP contribution in [-0.4, -0.2) is 30.2 Å². The highest BCUT2D eigenvalue weighted by Crippen LogP contribution is 2.26. The topological polar surface area (TPSA) is 73.3 Å². The zero-order chi connectivity index (χ0) is 22.3. The van der Waals surface area contributed by atoms with E-state index in [0.717, 1.165) is 28.0 Å². The van der Waals surface area contributed by atoms with Crippen molar-refractivity contribution < 1.29 is 14.3 Å². The number of aromatic nitrogens is 2. The molecule has 0 bridgehead atoms. The van der Waals surface area contributed by atoms with Crippen LogP contribution >= 0.6 is 0 Å². The van der Waals surface area contributed by atoms with Crippen molar-refractivity contribution in [2.75, 3.05) is 19.5 Å². The Balaban J connectivity index is 1.60. The van der Waals surface area contributed by atoms with E-state index in [9.17, 15) is 4.79 Å². The lowest BCUT2D eigenvalue weighted by Gasteiger charge is -2.11. The molecule has 0 amide bonds. The highest BCUT2D eigenvalue weighted by atomic mass is 16.5. The van der Waals surface area contributed by atoms with Crippen LogP contribution in [0.4, 0.5) is 5.82 Å². The highest BCUT2D eigenvalue weighted by Gasteiger charge is 2.12. The molecule has 0 aliphatic carbocycles. The molecule has 0 aliphatic heterocycles. The van der Waals surface area contributed by atoms with Crippen molar-refractivity contribution in [3.8, 4) is 28.1 Å². The Hall–Kier alpha value is -4.19. The molecule has 4 aromatic rings. The molecule has 6 heteroatoms. The summed E-state index contributed by atoms with van der Waals surface area (Å²) in [5.41, 5.74) is 5.18. The van der Waals surface area contributed by atoms with Gasteiger partial charge in [-0.15, -0.1) is 0 Å². The van der Waals surface area contributed by atoms with Crippen molar-refractivity contribution in [1.82, 2.24) is 9.97 Å². The van der Waals surface area contributed by atoms with Gasteiger partial charge in [-0.1, -0.05) is 42.5 Å². The van der Waals surface area contributed by atoms with Crippen LogP contribution in [0.5, 0.6) is 5.75 Å². The van der Waals surface area contributed by atoms with Crippen LogP contribution < -0.4 is 10.1 Å². The third kappa shape index (κ3) is 4.92. The Morgan fingerprint density at radius 1 is 0.906 bits per heavy atom. The van der Waals surface area contributed by atoms with E-state index in [4.69, 9.17) is 14.5 Å². The first-order chi connectivity index (χ1) is 15.7. The summed E-state index contributed by atoms with van der Waals surface area (Å²) in [4.78, 5) is 21.1. The van der Waals surface area contributed by atoms with Crippen LogP contribution in [0.3, 0.4) is 0 Å². The first kappa shape index (κ1) is 21.1. The van der Waals surface area contributed by atoms with Crippen LogP contribution in [0.2, 0.25) is 0 Å². The monoisotopic (exact) mass is 425 g/mol. The van der Waals surface area contributed by atoms with Gasteiger partial charge in [0.25, 0.3) is 0 Å². The third-order valence-electron chi connectivity index (χ3n) is 5.05. The van der Waals surface area contributed by atoms with Crippen molar-refractivity contribution in [1.29, 1.82) is 0 Å². The summed E-state index contributed by atoms with van der Waals surface area (Å²) < 4.78 is 10.1. The van der Waals surface area contributed by atoms with Gasteiger partial charge in [-0.2, -0.15) is 0 Å². The highest BCUT2D eigenvalue weighted by molar-refractivity contribution is 5.91. The Morgan fingerprint density at radius 2 is 1.66 bits per heavy atom. The van der Waals surface area contributed by atoms with E-state index >= 15 is 0 Å². The first-order valence-corrected chi connectivity index (χ1v) is 10.1. The SMILES string of the molecule is COC(=O)c1cc(NCc2ccc(OC)cc2)nc(-c2ccc(-c3cccnc3)cc2)c1. The molecule has 4 rings (SSSR count). The van der Waals surface area contributed by atoms with Gasteiger partial charge in [0, 0.05) is 24.5 Å². The molecule has 2 aromatic heterocycles. The predicted octanol–water partition coefficient (Wildman–Crippen LogP) is 5.22. The summed E-state index contributed by atoms with van der Waals surface area (Å²) in [6.45, 7) is 0.557. The van der Waals surface area contributed by atoms with Crippen molar-refractivity contribution in [3.63, 3.8) is 0 Å². The van der Waals surface area contributed by atoms with Crippen molar-refractivity contribution in [2.24, 2.45) is 0 Å². The van der Waals surface area contributed by atoms with Crippen LogP contribution in [-0.2, 0) is 11.3 Å². The number of methoxy groups -OCH3 is 2. The molecule has 32 heavy (non-hydrogen) atoms. The number of nitrogens with zero attached hydrogens (tertiary/aromatic N) is 2. The van der Waals surface area contributed by atoms with E-state index in [2.05, 4.69) is 10.3 Å². The summed E-state index contributed by atoms with van der Waals surface area (Å²) in [6.07, 6.45) is 3.58. The molecular weight excluding hydrogens is 402 g/mol. The lowest BCUT2D eigenvalue weighted by molar-refractivity contribution is 0.0600. The summed E-state index contributed by atoms with van der Waals surface area (Å²) in [6, 6.07) is 23.1. The van der Waals surface area contributed by atoms with E-state index in [-0.39, 0.29) is 0 Å². The molecule has 0 spiro atoms. The number of rotatable bonds is 7.